The molecular weight excluding hydrogens is 1120 g/mol. The second-order valence-electron chi connectivity index (χ2n) is 23.4. The molecule has 0 aliphatic rings. The van der Waals surface area contributed by atoms with E-state index in [-0.39, 0.29) is 0 Å². The van der Waals surface area contributed by atoms with E-state index in [1.54, 1.807) is 0 Å². The molecular formula is C84H54N8. The van der Waals surface area contributed by atoms with E-state index in [4.69, 9.17) is 19.9 Å². The predicted molar refractivity (Wildman–Crippen MR) is 381 cm³/mol. The summed E-state index contributed by atoms with van der Waals surface area (Å²) in [6, 6.07) is 111. The largest absolute Gasteiger partial charge is 0.316 e. The van der Waals surface area contributed by atoms with Crippen molar-refractivity contribution in [3.8, 4) is 68.0 Å². The molecule has 0 amide bonds. The van der Waals surface area contributed by atoms with Crippen molar-refractivity contribution < 1.29 is 0 Å². The Morgan fingerprint density at radius 2 is 0.630 bits per heavy atom. The number of aromatic nitrogens is 8. The average Bonchev–Trinajstić information content (AvgIpc) is 1.57. The summed E-state index contributed by atoms with van der Waals surface area (Å²) in [6.07, 6.45) is 4.35. The van der Waals surface area contributed by atoms with Gasteiger partial charge in [-0.1, -0.05) is 212 Å². The predicted octanol–water partition coefficient (Wildman–Crippen LogP) is 21.2. The maximum atomic E-state index is 5.26. The van der Waals surface area contributed by atoms with Crippen LogP contribution < -0.4 is 0 Å². The molecule has 0 unspecified atom stereocenters. The monoisotopic (exact) mass is 1170 g/mol. The Kier molecular flexibility index (Phi) is 12.4. The van der Waals surface area contributed by atoms with Gasteiger partial charge in [-0.15, -0.1) is 0 Å². The highest BCUT2D eigenvalue weighted by atomic mass is 15.0. The lowest BCUT2D eigenvalue weighted by Gasteiger charge is -2.13. The van der Waals surface area contributed by atoms with Gasteiger partial charge in [0, 0.05) is 100 Å². The van der Waals surface area contributed by atoms with Crippen molar-refractivity contribution in [2.45, 2.75) is 0 Å². The quantitative estimate of drug-likeness (QED) is 0.152. The maximum Gasteiger partial charge on any atom is 0.160 e. The van der Waals surface area contributed by atoms with Crippen LogP contribution in [0.5, 0.6) is 0 Å². The van der Waals surface area contributed by atoms with Crippen LogP contribution in [0.3, 0.4) is 0 Å². The first kappa shape index (κ1) is 52.6. The Bertz CT molecular complexity index is 6080. The van der Waals surface area contributed by atoms with Gasteiger partial charge in [0.2, 0.25) is 0 Å². The van der Waals surface area contributed by atoms with E-state index in [2.05, 4.69) is 322 Å². The Hall–Kier alpha value is -12.5. The number of hydrogen-bond donors (Lipinski definition) is 0. The van der Waals surface area contributed by atoms with Gasteiger partial charge in [-0.3, -0.25) is 0 Å². The average molecular weight is 1180 g/mol. The third-order valence-corrected chi connectivity index (χ3v) is 18.1. The van der Waals surface area contributed by atoms with Crippen LogP contribution in [0.15, 0.2) is 328 Å². The summed E-state index contributed by atoms with van der Waals surface area (Å²) in [5.74, 6) is 1.42. The highest BCUT2D eigenvalue weighted by molar-refractivity contribution is 6.20. The smallest absolute Gasteiger partial charge is 0.160 e. The molecule has 19 aromatic rings. The van der Waals surface area contributed by atoms with Crippen molar-refractivity contribution >= 4 is 98.0 Å². The summed E-state index contributed by atoms with van der Waals surface area (Å²) in [7, 11) is 0. The van der Waals surface area contributed by atoms with Crippen LogP contribution in [-0.2, 0) is 0 Å². The highest BCUT2D eigenvalue weighted by Gasteiger charge is 2.21. The molecule has 6 heterocycles. The minimum absolute atomic E-state index is 0.708. The van der Waals surface area contributed by atoms with Crippen molar-refractivity contribution in [2.24, 2.45) is 0 Å². The van der Waals surface area contributed by atoms with E-state index < -0.39 is 0 Å². The lowest BCUT2D eigenvalue weighted by Crippen LogP contribution is -1.98. The summed E-state index contributed by atoms with van der Waals surface area (Å²) in [5.41, 5.74) is 19.4. The first-order valence-electron chi connectivity index (χ1n) is 31.1. The first-order valence-corrected chi connectivity index (χ1v) is 31.1. The van der Waals surface area contributed by atoms with Gasteiger partial charge in [-0.05, 0) is 114 Å². The second-order valence-corrected chi connectivity index (χ2v) is 23.4. The molecule has 0 aliphatic heterocycles. The van der Waals surface area contributed by atoms with Crippen LogP contribution in [0.1, 0.15) is 0 Å². The zero-order valence-corrected chi connectivity index (χ0v) is 49.8. The summed E-state index contributed by atoms with van der Waals surface area (Å²) >= 11 is 0. The number of nitrogens with zero attached hydrogens (tertiary/aromatic N) is 8. The Balaban J connectivity index is 0.000000136. The van der Waals surface area contributed by atoms with Crippen LogP contribution in [-0.4, -0.2) is 38.2 Å². The van der Waals surface area contributed by atoms with Gasteiger partial charge in [-0.25, -0.2) is 19.9 Å². The van der Waals surface area contributed by atoms with Crippen molar-refractivity contribution in [3.63, 3.8) is 0 Å². The van der Waals surface area contributed by atoms with Crippen LogP contribution >= 0.6 is 0 Å². The molecule has 0 saturated carbocycles. The fourth-order valence-electron chi connectivity index (χ4n) is 13.9. The zero-order chi connectivity index (χ0) is 60.6. The Morgan fingerprint density at radius 1 is 0.217 bits per heavy atom. The molecule has 8 nitrogen and oxygen atoms in total. The molecule has 0 saturated heterocycles. The van der Waals surface area contributed by atoms with Gasteiger partial charge < -0.3 is 18.3 Å². The first-order chi connectivity index (χ1) is 45.6. The molecule has 92 heavy (non-hydrogen) atoms. The second kappa shape index (κ2) is 21.7. The summed E-state index contributed by atoms with van der Waals surface area (Å²) in [5, 5.41) is 11.8. The van der Waals surface area contributed by atoms with Gasteiger partial charge in [-0.2, -0.15) is 0 Å². The molecule has 0 radical (unpaired) electrons. The van der Waals surface area contributed by atoms with Crippen LogP contribution in [0.4, 0.5) is 0 Å². The molecule has 19 rings (SSSR count). The lowest BCUT2D eigenvalue weighted by molar-refractivity contribution is 1.13. The van der Waals surface area contributed by atoms with Gasteiger partial charge in [0.1, 0.15) is 0 Å². The fourth-order valence-corrected chi connectivity index (χ4v) is 13.9. The van der Waals surface area contributed by atoms with Gasteiger partial charge in [0.25, 0.3) is 0 Å². The number of benzene rings is 13. The molecule has 0 bridgehead atoms. The van der Waals surface area contributed by atoms with E-state index >= 15 is 0 Å². The highest BCUT2D eigenvalue weighted by Crippen LogP contribution is 2.42. The standard InChI is InChI=1S/C44H28N4.C40H26N4/c1-2-14-33(15-3-1)47-26-25-38-40(47)24-23-36-35-17-7-9-20-41(35)48(43(36)38)34-16-10-13-32(28-34)44-45-39-19-8-6-18-37(39)42(46-44)31-22-21-29-11-4-5-12-30(29)27-31;1-3-12-27(13-4-1)38-33-19-7-9-20-35(33)41-40(42-38)28-14-11-17-30(26-28)44-37-21-10-8-18-31(37)32-22-23-36-34(39(32)44)24-25-43(36)29-15-5-2-6-16-29/h1-28H;1-26H. The molecule has 0 atom stereocenters. The van der Waals surface area contributed by atoms with Crippen LogP contribution in [0.25, 0.3) is 166 Å². The van der Waals surface area contributed by atoms with Crippen LogP contribution in [0, 0.1) is 0 Å². The van der Waals surface area contributed by atoms with Gasteiger partial charge in [0.05, 0.1) is 55.5 Å². The minimum atomic E-state index is 0.708. The lowest BCUT2D eigenvalue weighted by atomic mass is 10.0. The molecule has 430 valence electrons. The van der Waals surface area contributed by atoms with E-state index in [1.165, 1.54) is 76.2 Å². The normalized spacial score (nSPS) is 11.7. The number of fused-ring (bicyclic) bond motifs is 13. The number of rotatable bonds is 8. The van der Waals surface area contributed by atoms with E-state index in [0.29, 0.717) is 11.6 Å². The number of para-hydroxylation sites is 6. The van der Waals surface area contributed by atoms with E-state index in [1.807, 2.05) is 24.3 Å². The number of hydrogen-bond acceptors (Lipinski definition) is 4. The zero-order valence-electron chi connectivity index (χ0n) is 49.8. The minimum Gasteiger partial charge on any atom is -0.316 e. The summed E-state index contributed by atoms with van der Waals surface area (Å²) in [6.45, 7) is 0. The van der Waals surface area contributed by atoms with Crippen molar-refractivity contribution in [3.05, 3.63) is 328 Å². The van der Waals surface area contributed by atoms with Crippen molar-refractivity contribution in [1.82, 2.24) is 38.2 Å². The topological polar surface area (TPSA) is 71.3 Å². The molecule has 6 aromatic heterocycles. The Labute approximate surface area is 529 Å². The molecule has 0 aliphatic carbocycles. The summed E-state index contributed by atoms with van der Waals surface area (Å²) < 4.78 is 9.33. The van der Waals surface area contributed by atoms with E-state index in [0.717, 1.165) is 78.2 Å². The SMILES string of the molecule is c1ccc(-c2nc(-c3cccc(-n4c5ccccc5c5ccc6c(ccn6-c6ccccc6)c54)c3)nc3ccccc23)cc1.c1ccc(-n2ccc3c2ccc2c4ccccc4n(-c4cccc(-c5nc(-c6ccc7ccccc7c6)c6ccccc6n5)c4)c23)cc1. The molecule has 0 fully saturated rings. The van der Waals surface area contributed by atoms with Gasteiger partial charge in [0.15, 0.2) is 11.6 Å². The maximum absolute atomic E-state index is 5.26. The van der Waals surface area contributed by atoms with Gasteiger partial charge >= 0.3 is 0 Å². The molecule has 0 N–H and O–H groups in total. The van der Waals surface area contributed by atoms with Crippen molar-refractivity contribution in [1.29, 1.82) is 0 Å². The fraction of sp³-hybridized carbons (Fsp3) is 0. The van der Waals surface area contributed by atoms with Crippen molar-refractivity contribution in [2.75, 3.05) is 0 Å². The summed E-state index contributed by atoms with van der Waals surface area (Å²) in [4.78, 5) is 20.6. The molecule has 8 heteroatoms. The third kappa shape index (κ3) is 8.76. The molecule has 0 spiro atoms. The molecule has 13 aromatic carbocycles. The van der Waals surface area contributed by atoms with E-state index in [9.17, 15) is 0 Å². The Morgan fingerprint density at radius 3 is 1.15 bits per heavy atom. The third-order valence-electron chi connectivity index (χ3n) is 18.1. The van der Waals surface area contributed by atoms with Crippen LogP contribution in [0.2, 0.25) is 0 Å².